The molecule has 0 saturated carbocycles. The molecule has 4 rings (SSSR count). The van der Waals surface area contributed by atoms with Crippen molar-refractivity contribution in [2.45, 2.75) is 12.1 Å². The summed E-state index contributed by atoms with van der Waals surface area (Å²) in [6.07, 6.45) is 0. The van der Waals surface area contributed by atoms with E-state index in [9.17, 15) is 14.4 Å². The molecule has 0 bridgehead atoms. The van der Waals surface area contributed by atoms with E-state index in [0.717, 1.165) is 11.0 Å². The molecular weight excluding hydrogens is 350 g/mol. The Balaban J connectivity index is 1.52. The van der Waals surface area contributed by atoms with Crippen LogP contribution >= 0.6 is 11.8 Å². The van der Waals surface area contributed by atoms with Crippen molar-refractivity contribution in [3.05, 3.63) is 59.7 Å². The summed E-state index contributed by atoms with van der Waals surface area (Å²) in [6, 6.07) is 14.2. The number of carbonyl (C=O) groups is 3. The quantitative estimate of drug-likeness (QED) is 0.525. The van der Waals surface area contributed by atoms with Crippen LogP contribution in [0.15, 0.2) is 53.7 Å². The van der Waals surface area contributed by atoms with Gasteiger partial charge in [0.2, 0.25) is 5.91 Å². The SMILES string of the molecule is CC(=O)n1c(SCCN2C(=O)c3ccccc3C2=O)nc2ccccc21. The van der Waals surface area contributed by atoms with Gasteiger partial charge in [0, 0.05) is 19.2 Å². The van der Waals surface area contributed by atoms with E-state index < -0.39 is 0 Å². The standard InChI is InChI=1S/C19H15N3O3S/c1-12(23)22-16-9-5-4-8-15(16)20-19(22)26-11-10-21-17(24)13-6-2-3-7-14(13)18(21)25/h2-9H,10-11H2,1H3. The molecule has 0 spiro atoms. The van der Waals surface area contributed by atoms with Crippen molar-refractivity contribution in [1.29, 1.82) is 0 Å². The summed E-state index contributed by atoms with van der Waals surface area (Å²) in [6.45, 7) is 1.75. The van der Waals surface area contributed by atoms with Crippen LogP contribution in [0.25, 0.3) is 11.0 Å². The van der Waals surface area contributed by atoms with Gasteiger partial charge in [0.05, 0.1) is 22.2 Å². The number of carbonyl (C=O) groups excluding carboxylic acids is 3. The summed E-state index contributed by atoms with van der Waals surface area (Å²) < 4.78 is 1.56. The van der Waals surface area contributed by atoms with Gasteiger partial charge >= 0.3 is 0 Å². The smallest absolute Gasteiger partial charge is 0.261 e. The molecule has 6 nitrogen and oxygen atoms in total. The van der Waals surface area contributed by atoms with Crippen molar-refractivity contribution < 1.29 is 14.4 Å². The van der Waals surface area contributed by atoms with Gasteiger partial charge in [-0.05, 0) is 24.3 Å². The zero-order valence-electron chi connectivity index (χ0n) is 14.0. The van der Waals surface area contributed by atoms with Crippen LogP contribution in [0.1, 0.15) is 32.4 Å². The van der Waals surface area contributed by atoms with Gasteiger partial charge in [0.25, 0.3) is 11.8 Å². The van der Waals surface area contributed by atoms with E-state index in [0.29, 0.717) is 22.0 Å². The Hall–Kier alpha value is -2.93. The maximum absolute atomic E-state index is 12.4. The number of rotatable bonds is 4. The number of benzene rings is 2. The molecule has 0 unspecified atom stereocenters. The Kier molecular flexibility index (Phi) is 4.08. The van der Waals surface area contributed by atoms with E-state index in [1.165, 1.54) is 23.6 Å². The van der Waals surface area contributed by atoms with Gasteiger partial charge in [-0.15, -0.1) is 0 Å². The number of hydrogen-bond acceptors (Lipinski definition) is 5. The van der Waals surface area contributed by atoms with E-state index in [1.54, 1.807) is 28.8 Å². The molecule has 1 aliphatic rings. The third-order valence-electron chi connectivity index (χ3n) is 4.27. The molecule has 7 heteroatoms. The van der Waals surface area contributed by atoms with Crippen LogP contribution < -0.4 is 0 Å². The maximum Gasteiger partial charge on any atom is 0.261 e. The topological polar surface area (TPSA) is 72.3 Å². The lowest BCUT2D eigenvalue weighted by Crippen LogP contribution is -2.31. The summed E-state index contributed by atoms with van der Waals surface area (Å²) in [7, 11) is 0. The molecule has 1 aromatic heterocycles. The molecule has 0 fully saturated rings. The summed E-state index contributed by atoms with van der Waals surface area (Å²) in [4.78, 5) is 42.5. The third kappa shape index (κ3) is 2.61. The number of imide groups is 1. The van der Waals surface area contributed by atoms with Gasteiger partial charge in [0.15, 0.2) is 5.16 Å². The molecule has 3 aromatic rings. The first-order valence-electron chi connectivity index (χ1n) is 8.14. The van der Waals surface area contributed by atoms with Gasteiger partial charge < -0.3 is 0 Å². The van der Waals surface area contributed by atoms with Gasteiger partial charge in [0.1, 0.15) is 0 Å². The second kappa shape index (κ2) is 6.42. The van der Waals surface area contributed by atoms with Crippen LogP contribution in [0.5, 0.6) is 0 Å². The van der Waals surface area contributed by atoms with Crippen LogP contribution in [0.3, 0.4) is 0 Å². The summed E-state index contributed by atoms with van der Waals surface area (Å²) in [5.41, 5.74) is 2.38. The minimum atomic E-state index is -0.272. The summed E-state index contributed by atoms with van der Waals surface area (Å²) in [5.74, 6) is -0.207. The van der Waals surface area contributed by atoms with Crippen molar-refractivity contribution in [2.75, 3.05) is 12.3 Å². The van der Waals surface area contributed by atoms with Gasteiger partial charge in [-0.3, -0.25) is 23.9 Å². The van der Waals surface area contributed by atoms with Crippen LogP contribution in [-0.4, -0.2) is 44.5 Å². The molecule has 0 atom stereocenters. The first-order chi connectivity index (χ1) is 12.6. The van der Waals surface area contributed by atoms with Crippen LogP contribution in [0.4, 0.5) is 0 Å². The molecule has 1 aliphatic heterocycles. The molecule has 130 valence electrons. The fourth-order valence-electron chi connectivity index (χ4n) is 3.08. The molecule has 26 heavy (non-hydrogen) atoms. The Labute approximate surface area is 153 Å². The lowest BCUT2D eigenvalue weighted by Gasteiger charge is -2.13. The fourth-order valence-corrected chi connectivity index (χ4v) is 4.05. The van der Waals surface area contributed by atoms with Gasteiger partial charge in [-0.2, -0.15) is 0 Å². The molecule has 0 saturated heterocycles. The van der Waals surface area contributed by atoms with E-state index in [2.05, 4.69) is 4.98 Å². The van der Waals surface area contributed by atoms with Gasteiger partial charge in [-0.1, -0.05) is 36.0 Å². The lowest BCUT2D eigenvalue weighted by atomic mass is 10.1. The molecule has 0 radical (unpaired) electrons. The minimum absolute atomic E-state index is 0.123. The highest BCUT2D eigenvalue weighted by molar-refractivity contribution is 7.99. The zero-order valence-corrected chi connectivity index (χ0v) is 14.8. The normalized spacial score (nSPS) is 13.5. The summed E-state index contributed by atoms with van der Waals surface area (Å²) >= 11 is 1.36. The van der Waals surface area contributed by atoms with E-state index >= 15 is 0 Å². The lowest BCUT2D eigenvalue weighted by molar-refractivity contribution is 0.0663. The Morgan fingerprint density at radius 2 is 1.62 bits per heavy atom. The van der Waals surface area contributed by atoms with Crippen LogP contribution in [0, 0.1) is 0 Å². The largest absolute Gasteiger partial charge is 0.274 e. The highest BCUT2D eigenvalue weighted by Crippen LogP contribution is 2.26. The molecule has 2 amide bonds. The minimum Gasteiger partial charge on any atom is -0.274 e. The molecule has 2 aromatic carbocycles. The number of hydrogen-bond donors (Lipinski definition) is 0. The number of nitrogens with zero attached hydrogens (tertiary/aromatic N) is 3. The number of imidazole rings is 1. The third-order valence-corrected chi connectivity index (χ3v) is 5.19. The van der Waals surface area contributed by atoms with Crippen molar-refractivity contribution in [3.8, 4) is 0 Å². The number of aromatic nitrogens is 2. The first kappa shape index (κ1) is 16.5. The van der Waals surface area contributed by atoms with Crippen LogP contribution in [0.2, 0.25) is 0 Å². The van der Waals surface area contributed by atoms with Crippen molar-refractivity contribution in [3.63, 3.8) is 0 Å². The van der Waals surface area contributed by atoms with E-state index in [-0.39, 0.29) is 24.3 Å². The van der Waals surface area contributed by atoms with Crippen molar-refractivity contribution in [2.24, 2.45) is 0 Å². The second-order valence-electron chi connectivity index (χ2n) is 5.89. The highest BCUT2D eigenvalue weighted by atomic mass is 32.2. The fraction of sp³-hybridized carbons (Fsp3) is 0.158. The Morgan fingerprint density at radius 3 is 2.27 bits per heavy atom. The van der Waals surface area contributed by atoms with Crippen LogP contribution in [-0.2, 0) is 0 Å². The summed E-state index contributed by atoms with van der Waals surface area (Å²) in [5, 5.41) is 0.565. The van der Waals surface area contributed by atoms with Gasteiger partial charge in [-0.25, -0.2) is 4.98 Å². The average Bonchev–Trinajstić information content (AvgIpc) is 3.13. The predicted molar refractivity (Wildman–Crippen MR) is 98.6 cm³/mol. The van der Waals surface area contributed by atoms with Crippen molar-refractivity contribution in [1.82, 2.24) is 14.5 Å². The predicted octanol–water partition coefficient (Wildman–Crippen LogP) is 3.08. The van der Waals surface area contributed by atoms with E-state index in [1.807, 2.05) is 24.3 Å². The average molecular weight is 365 g/mol. The highest BCUT2D eigenvalue weighted by Gasteiger charge is 2.34. The molecule has 2 heterocycles. The van der Waals surface area contributed by atoms with Crippen molar-refractivity contribution >= 4 is 40.5 Å². The first-order valence-corrected chi connectivity index (χ1v) is 9.13. The maximum atomic E-state index is 12.4. The zero-order chi connectivity index (χ0) is 18.3. The van der Waals surface area contributed by atoms with E-state index in [4.69, 9.17) is 0 Å². The molecular formula is C19H15N3O3S. The number of thioether (sulfide) groups is 1. The monoisotopic (exact) mass is 365 g/mol. The number of amides is 2. The Morgan fingerprint density at radius 1 is 1.00 bits per heavy atom. The number of para-hydroxylation sites is 2. The molecule has 0 N–H and O–H groups in total. The molecule has 0 aliphatic carbocycles. The second-order valence-corrected chi connectivity index (χ2v) is 6.96. The number of fused-ring (bicyclic) bond motifs is 2. The Bertz CT molecular complexity index is 1020.